The number of fused-ring (bicyclic) bond motifs is 2. The van der Waals surface area contributed by atoms with Crippen molar-refractivity contribution in [2.75, 3.05) is 14.2 Å². The van der Waals surface area contributed by atoms with Crippen LogP contribution in [0.5, 0.6) is 0 Å². The van der Waals surface area contributed by atoms with Crippen molar-refractivity contribution in [2.45, 2.75) is 103 Å². The molecule has 1 fully saturated rings. The van der Waals surface area contributed by atoms with Crippen molar-refractivity contribution in [1.29, 1.82) is 0 Å². The number of carbonyl (C=O) groups is 2. The molecule has 0 heterocycles. The van der Waals surface area contributed by atoms with Gasteiger partial charge in [-0.05, 0) is 72.7 Å². The normalized spacial score (nSPS) is 32.4. The molecule has 4 atom stereocenters. The summed E-state index contributed by atoms with van der Waals surface area (Å²) in [7, 11) is 1.06. The lowest BCUT2D eigenvalue weighted by Gasteiger charge is -2.47. The summed E-state index contributed by atoms with van der Waals surface area (Å²) < 4.78 is 18.3. The number of Topliss-reactive ketones (excluding diaryl/α,β-unsaturated/α-hetero) is 1. The fourth-order valence-electron chi connectivity index (χ4n) is 6.85. The van der Waals surface area contributed by atoms with Crippen LogP contribution in [0.3, 0.4) is 0 Å². The minimum atomic E-state index is -2.01. The first-order chi connectivity index (χ1) is 15.6. The molecule has 0 aromatic heterocycles. The lowest BCUT2D eigenvalue weighted by atomic mass is 9.69. The summed E-state index contributed by atoms with van der Waals surface area (Å²) in [4.78, 5) is 26.5. The maximum absolute atomic E-state index is 13.3. The van der Waals surface area contributed by atoms with Gasteiger partial charge in [0.05, 0.1) is 24.4 Å². The Morgan fingerprint density at radius 2 is 1.76 bits per heavy atom. The van der Waals surface area contributed by atoms with Gasteiger partial charge < -0.3 is 13.9 Å². The summed E-state index contributed by atoms with van der Waals surface area (Å²) in [5.41, 5.74) is 1.52. The van der Waals surface area contributed by atoms with Crippen LogP contribution in [0, 0.1) is 17.3 Å². The van der Waals surface area contributed by atoms with E-state index < -0.39 is 13.9 Å². The molecule has 1 unspecified atom stereocenters. The maximum atomic E-state index is 13.3. The largest absolute Gasteiger partial charge is 0.466 e. The van der Waals surface area contributed by atoms with Gasteiger partial charge in [0.1, 0.15) is 0 Å². The molecule has 0 N–H and O–H groups in total. The average Bonchev–Trinajstić information content (AvgIpc) is 2.98. The molecular weight excluding hydrogens is 432 g/mol. The predicted molar refractivity (Wildman–Crippen MR) is 133 cm³/mol. The Kier molecular flexibility index (Phi) is 7.82. The van der Waals surface area contributed by atoms with Gasteiger partial charge in [-0.15, -0.1) is 0 Å². The van der Waals surface area contributed by atoms with Gasteiger partial charge in [-0.1, -0.05) is 41.5 Å². The summed E-state index contributed by atoms with van der Waals surface area (Å²) in [6.45, 7) is 13.4. The number of ether oxygens (including phenoxy) is 2. The minimum absolute atomic E-state index is 0.204. The third kappa shape index (κ3) is 4.32. The van der Waals surface area contributed by atoms with Gasteiger partial charge in [-0.2, -0.15) is 0 Å². The molecule has 33 heavy (non-hydrogen) atoms. The molecule has 0 radical (unpaired) electrons. The topological polar surface area (TPSA) is 61.8 Å². The van der Waals surface area contributed by atoms with Gasteiger partial charge in [0, 0.05) is 19.1 Å². The summed E-state index contributed by atoms with van der Waals surface area (Å²) in [6, 6.07) is 3.12. The van der Waals surface area contributed by atoms with Crippen LogP contribution in [0.4, 0.5) is 0 Å². The van der Waals surface area contributed by atoms with Crippen LogP contribution in [0.2, 0.25) is 18.1 Å². The lowest BCUT2D eigenvalue weighted by Crippen LogP contribution is -2.51. The molecule has 0 aliphatic heterocycles. The van der Waals surface area contributed by atoms with E-state index in [2.05, 4.69) is 47.6 Å². The van der Waals surface area contributed by atoms with E-state index in [4.69, 9.17) is 13.9 Å². The van der Waals surface area contributed by atoms with E-state index in [9.17, 15) is 9.59 Å². The highest BCUT2D eigenvalue weighted by molar-refractivity contribution is 6.73. The van der Waals surface area contributed by atoms with Crippen LogP contribution < -0.4 is 0 Å². The number of ketones is 1. The van der Waals surface area contributed by atoms with E-state index in [0.717, 1.165) is 48.5 Å². The summed E-state index contributed by atoms with van der Waals surface area (Å²) in [5.74, 6) is 0.568. The van der Waals surface area contributed by atoms with Crippen molar-refractivity contribution in [3.63, 3.8) is 0 Å². The third-order valence-electron chi connectivity index (χ3n) is 9.23. The van der Waals surface area contributed by atoms with Gasteiger partial charge in [0.2, 0.25) is 0 Å². The molecule has 1 saturated carbocycles. The fourth-order valence-corrected chi connectivity index (χ4v) is 9.93. The van der Waals surface area contributed by atoms with E-state index >= 15 is 0 Å². The molecule has 186 valence electrons. The molecule has 5 nitrogen and oxygen atoms in total. The highest BCUT2D eigenvalue weighted by Crippen LogP contribution is 2.58. The van der Waals surface area contributed by atoms with Gasteiger partial charge in [0.25, 0.3) is 0 Å². The summed E-state index contributed by atoms with van der Waals surface area (Å²) in [6.07, 6.45) is 5.52. The predicted octanol–water partition coefficient (Wildman–Crippen LogP) is 6.00. The first-order valence-electron chi connectivity index (χ1n) is 12.9. The Balaban J connectivity index is 2.30. The first kappa shape index (κ1) is 26.4. The number of hydrogen-bond donors (Lipinski definition) is 0. The molecule has 0 spiro atoms. The zero-order valence-corrected chi connectivity index (χ0v) is 23.0. The van der Waals surface area contributed by atoms with E-state index in [1.54, 1.807) is 7.11 Å². The molecule has 3 rings (SSSR count). The molecule has 0 bridgehead atoms. The van der Waals surface area contributed by atoms with E-state index in [-0.39, 0.29) is 23.3 Å². The third-order valence-corrected chi connectivity index (χ3v) is 13.9. The second-order valence-corrected chi connectivity index (χ2v) is 15.6. The number of rotatable bonds is 8. The Morgan fingerprint density at radius 3 is 2.27 bits per heavy atom. The monoisotopic (exact) mass is 476 g/mol. The van der Waals surface area contributed by atoms with Crippen LogP contribution in [-0.4, -0.2) is 46.0 Å². The molecule has 0 saturated heterocycles. The maximum Gasteiger partial charge on any atom is 0.336 e. The number of methoxy groups -OCH3 is 2. The second-order valence-electron chi connectivity index (χ2n) is 10.9. The molecule has 6 heteroatoms. The second kappa shape index (κ2) is 9.78. The van der Waals surface area contributed by atoms with Crippen molar-refractivity contribution < 1.29 is 23.5 Å². The molecule has 0 amide bonds. The Labute approximate surface area is 201 Å². The number of allylic oxidation sites excluding steroid dienone is 1. The smallest absolute Gasteiger partial charge is 0.336 e. The zero-order valence-electron chi connectivity index (χ0n) is 22.0. The SMILES string of the molecule is CC[Si](CC)(CC)OC12CC[C@H](OC)C(C(=O)OC)=C1C=C1C(=O)C[C@H](C(C)C)[C@@]1(C)CC2. The molecule has 0 aromatic carbocycles. The summed E-state index contributed by atoms with van der Waals surface area (Å²) >= 11 is 0. The van der Waals surface area contributed by atoms with E-state index in [1.165, 1.54) is 7.11 Å². The van der Waals surface area contributed by atoms with Crippen molar-refractivity contribution in [2.24, 2.45) is 17.3 Å². The van der Waals surface area contributed by atoms with Crippen molar-refractivity contribution in [3.8, 4) is 0 Å². The molecular formula is C27H44O5Si. The molecule has 3 aliphatic carbocycles. The van der Waals surface area contributed by atoms with Gasteiger partial charge in [-0.25, -0.2) is 4.79 Å². The quantitative estimate of drug-likeness (QED) is 0.318. The molecule has 3 aliphatic rings. The highest BCUT2D eigenvalue weighted by atomic mass is 28.4. The Morgan fingerprint density at radius 1 is 1.12 bits per heavy atom. The number of esters is 1. The molecule has 0 aromatic rings. The highest BCUT2D eigenvalue weighted by Gasteiger charge is 2.56. The van der Waals surface area contributed by atoms with Crippen LogP contribution >= 0.6 is 0 Å². The van der Waals surface area contributed by atoms with Gasteiger partial charge in [-0.3, -0.25) is 4.79 Å². The van der Waals surface area contributed by atoms with Crippen LogP contribution in [0.1, 0.15) is 73.6 Å². The Hall–Kier alpha value is -1.24. The zero-order chi connectivity index (χ0) is 24.6. The summed E-state index contributed by atoms with van der Waals surface area (Å²) in [5, 5.41) is 0. The number of carbonyl (C=O) groups excluding carboxylic acids is 2. The standard InChI is InChI=1S/C27H44O5Si/c1-9-33(10-2,11-3)32-27-13-12-23(30-7)24(25(29)31-8)21(27)16-20-22(28)17-19(18(4)5)26(20,6)14-15-27/h16,18-19,23H,9-15,17H2,1-8H3/t19-,23+,26-,27?/m1/s1. The van der Waals surface area contributed by atoms with Gasteiger partial charge >= 0.3 is 5.97 Å². The van der Waals surface area contributed by atoms with Crippen LogP contribution in [0.25, 0.3) is 0 Å². The van der Waals surface area contributed by atoms with Crippen LogP contribution in [-0.2, 0) is 23.5 Å². The lowest BCUT2D eigenvalue weighted by molar-refractivity contribution is -0.138. The van der Waals surface area contributed by atoms with Crippen molar-refractivity contribution >= 4 is 20.1 Å². The average molecular weight is 477 g/mol. The van der Waals surface area contributed by atoms with Crippen molar-refractivity contribution in [1.82, 2.24) is 0 Å². The van der Waals surface area contributed by atoms with Crippen molar-refractivity contribution in [3.05, 3.63) is 22.8 Å². The number of hydrogen-bond acceptors (Lipinski definition) is 5. The minimum Gasteiger partial charge on any atom is -0.466 e. The Bertz CT molecular complexity index is 831. The first-order valence-corrected chi connectivity index (χ1v) is 15.4. The fraction of sp³-hybridized carbons (Fsp3) is 0.778. The van der Waals surface area contributed by atoms with E-state index in [1.807, 2.05) is 0 Å². The van der Waals surface area contributed by atoms with Crippen LogP contribution in [0.15, 0.2) is 22.8 Å². The van der Waals surface area contributed by atoms with Gasteiger partial charge in [0.15, 0.2) is 14.1 Å². The van der Waals surface area contributed by atoms with E-state index in [0.29, 0.717) is 30.3 Å².